The van der Waals surface area contributed by atoms with Gasteiger partial charge in [0, 0.05) is 19.7 Å². The molecule has 1 fully saturated rings. The van der Waals surface area contributed by atoms with Gasteiger partial charge >= 0.3 is 5.69 Å². The van der Waals surface area contributed by atoms with Gasteiger partial charge in [-0.05, 0) is 17.8 Å². The number of nitro groups is 1. The van der Waals surface area contributed by atoms with Gasteiger partial charge < -0.3 is 5.32 Å². The Morgan fingerprint density at radius 2 is 2.15 bits per heavy atom. The average molecular weight is 319 g/mol. The summed E-state index contributed by atoms with van der Waals surface area (Å²) >= 11 is 0.863. The molecule has 0 bridgehead atoms. The monoisotopic (exact) mass is 319 g/mol. The van der Waals surface area contributed by atoms with Gasteiger partial charge in [-0.2, -0.15) is 0 Å². The van der Waals surface area contributed by atoms with Crippen molar-refractivity contribution in [3.63, 3.8) is 0 Å². The molecule has 7 nitrogen and oxygen atoms in total. The molecule has 20 heavy (non-hydrogen) atoms. The Bertz CT molecular complexity index is 636. The van der Waals surface area contributed by atoms with E-state index < -0.39 is 14.9 Å². The molecule has 1 aromatic heterocycles. The summed E-state index contributed by atoms with van der Waals surface area (Å²) in [6.07, 6.45) is 0.988. The van der Waals surface area contributed by atoms with Gasteiger partial charge in [-0.15, -0.1) is 0 Å². The highest BCUT2D eigenvalue weighted by Gasteiger charge is 2.45. The van der Waals surface area contributed by atoms with E-state index in [4.69, 9.17) is 0 Å². The topological polar surface area (TPSA) is 101 Å². The summed E-state index contributed by atoms with van der Waals surface area (Å²) in [7, 11) is -2.16. The first-order valence-corrected chi connectivity index (χ1v) is 8.43. The van der Waals surface area contributed by atoms with E-state index in [9.17, 15) is 18.5 Å². The molecule has 0 spiro atoms. The molecule has 2 N–H and O–H groups in total. The maximum Gasteiger partial charge on any atom is 0.304 e. The van der Waals surface area contributed by atoms with Crippen molar-refractivity contribution in [2.45, 2.75) is 24.5 Å². The first kappa shape index (κ1) is 15.2. The van der Waals surface area contributed by atoms with Gasteiger partial charge in [-0.1, -0.05) is 25.2 Å². The summed E-state index contributed by atoms with van der Waals surface area (Å²) in [5.41, 5.74) is -0.0373. The van der Waals surface area contributed by atoms with E-state index in [0.717, 1.165) is 23.8 Å². The second-order valence-corrected chi connectivity index (χ2v) is 8.57. The van der Waals surface area contributed by atoms with Crippen molar-refractivity contribution in [1.29, 1.82) is 0 Å². The van der Waals surface area contributed by atoms with Crippen LogP contribution in [0.2, 0.25) is 0 Å². The van der Waals surface area contributed by atoms with Crippen molar-refractivity contribution in [2.75, 3.05) is 18.9 Å². The van der Waals surface area contributed by atoms with Crippen molar-refractivity contribution >= 4 is 32.0 Å². The maximum absolute atomic E-state index is 12.1. The van der Waals surface area contributed by atoms with Crippen LogP contribution in [0.15, 0.2) is 10.3 Å². The molecule has 0 amide bonds. The Morgan fingerprint density at radius 3 is 2.55 bits per heavy atom. The molecule has 1 atom stereocenters. The van der Waals surface area contributed by atoms with E-state index in [2.05, 4.69) is 23.9 Å². The smallest absolute Gasteiger partial charge is 0.304 e. The van der Waals surface area contributed by atoms with E-state index in [1.807, 2.05) is 0 Å². The Hall–Kier alpha value is -1.19. The van der Waals surface area contributed by atoms with Crippen LogP contribution in [0.1, 0.15) is 20.3 Å². The minimum Gasteiger partial charge on any atom is -0.374 e. The largest absolute Gasteiger partial charge is 0.374 e. The molecule has 1 saturated carbocycles. The molecule has 0 radical (unpaired) electrons. The molecule has 112 valence electrons. The van der Waals surface area contributed by atoms with Crippen molar-refractivity contribution in [2.24, 2.45) is 11.3 Å². The molecule has 1 aliphatic carbocycles. The van der Waals surface area contributed by atoms with E-state index in [1.165, 1.54) is 7.05 Å². The maximum atomic E-state index is 12.1. The quantitative estimate of drug-likeness (QED) is 0.617. The fourth-order valence-corrected chi connectivity index (χ4v) is 4.42. The number of hydrogen-bond donors (Lipinski definition) is 2. The van der Waals surface area contributed by atoms with Crippen LogP contribution in [0.4, 0.5) is 10.7 Å². The van der Waals surface area contributed by atoms with Gasteiger partial charge in [-0.3, -0.25) is 10.1 Å². The summed E-state index contributed by atoms with van der Waals surface area (Å²) in [5, 5.41) is 13.7. The van der Waals surface area contributed by atoms with Gasteiger partial charge in [-0.25, -0.2) is 13.1 Å². The average Bonchev–Trinajstić information content (AvgIpc) is 2.77. The molecule has 1 aliphatic rings. The predicted octanol–water partition coefficient (Wildman–Crippen LogP) is 2.02. The molecule has 0 aromatic carbocycles. The third-order valence-corrected chi connectivity index (χ3v) is 6.65. The van der Waals surface area contributed by atoms with Crippen LogP contribution in [0.5, 0.6) is 0 Å². The molecule has 0 aliphatic heterocycles. The highest BCUT2D eigenvalue weighted by molar-refractivity contribution is 7.91. The number of nitrogens with zero attached hydrogens (tertiary/aromatic N) is 1. The van der Waals surface area contributed by atoms with Crippen molar-refractivity contribution in [3.8, 4) is 0 Å². The second-order valence-electron chi connectivity index (χ2n) is 5.53. The standard InChI is InChI=1S/C11H17N3O4S2/c1-11(2)5-7(11)6-13-20(17,18)9-4-8(14(15)16)10(12-3)19-9/h4,7,12-13H,5-6H2,1-3H3. The second kappa shape index (κ2) is 4.97. The molecule has 0 saturated heterocycles. The minimum absolute atomic E-state index is 0.0352. The molecular formula is C11H17N3O4S2. The lowest BCUT2D eigenvalue weighted by Gasteiger charge is -2.05. The van der Waals surface area contributed by atoms with Crippen LogP contribution in [-0.2, 0) is 10.0 Å². The van der Waals surface area contributed by atoms with E-state index >= 15 is 0 Å². The number of hydrogen-bond acceptors (Lipinski definition) is 6. The van der Waals surface area contributed by atoms with Gasteiger partial charge in [0.2, 0.25) is 10.0 Å². The van der Waals surface area contributed by atoms with Crippen LogP contribution < -0.4 is 10.0 Å². The van der Waals surface area contributed by atoms with Gasteiger partial charge in [0.15, 0.2) is 5.00 Å². The molecular weight excluding hydrogens is 302 g/mol. The zero-order valence-corrected chi connectivity index (χ0v) is 13.1. The number of thiophene rings is 1. The van der Waals surface area contributed by atoms with Crippen molar-refractivity contribution < 1.29 is 13.3 Å². The van der Waals surface area contributed by atoms with Gasteiger partial charge in [0.25, 0.3) is 0 Å². The number of sulfonamides is 1. The fraction of sp³-hybridized carbons (Fsp3) is 0.636. The molecule has 1 aromatic rings. The minimum atomic E-state index is -3.69. The number of nitrogens with one attached hydrogen (secondary N) is 2. The summed E-state index contributed by atoms with van der Waals surface area (Å²) < 4.78 is 26.8. The summed E-state index contributed by atoms with van der Waals surface area (Å²) in [4.78, 5) is 10.2. The van der Waals surface area contributed by atoms with Gasteiger partial charge in [0.1, 0.15) is 4.21 Å². The van der Waals surface area contributed by atoms with E-state index in [1.54, 1.807) is 0 Å². The van der Waals surface area contributed by atoms with Crippen LogP contribution in [0.25, 0.3) is 0 Å². The number of rotatable bonds is 6. The van der Waals surface area contributed by atoms with Crippen LogP contribution in [0.3, 0.4) is 0 Å². The van der Waals surface area contributed by atoms with Gasteiger partial charge in [0.05, 0.1) is 4.92 Å². The fourth-order valence-electron chi connectivity index (χ4n) is 2.01. The van der Waals surface area contributed by atoms with Crippen LogP contribution >= 0.6 is 11.3 Å². The normalized spacial score (nSPS) is 20.6. The first-order valence-electron chi connectivity index (χ1n) is 6.13. The zero-order valence-electron chi connectivity index (χ0n) is 11.5. The zero-order chi connectivity index (χ0) is 15.1. The number of anilines is 1. The highest BCUT2D eigenvalue weighted by Crippen LogP contribution is 2.51. The van der Waals surface area contributed by atoms with E-state index in [-0.39, 0.29) is 20.3 Å². The Morgan fingerprint density at radius 1 is 1.55 bits per heavy atom. The summed E-state index contributed by atoms with van der Waals surface area (Å²) in [5.74, 6) is 0.330. The predicted molar refractivity (Wildman–Crippen MR) is 77.6 cm³/mol. The molecule has 1 unspecified atom stereocenters. The summed E-state index contributed by atoms with van der Waals surface area (Å²) in [6, 6.07) is 1.09. The van der Waals surface area contributed by atoms with Crippen molar-refractivity contribution in [3.05, 3.63) is 16.2 Å². The lowest BCUT2D eigenvalue weighted by molar-refractivity contribution is -0.383. The third kappa shape index (κ3) is 2.94. The first-order chi connectivity index (χ1) is 9.17. The lowest BCUT2D eigenvalue weighted by atomic mass is 10.1. The van der Waals surface area contributed by atoms with Crippen LogP contribution in [-0.4, -0.2) is 26.9 Å². The Labute approximate surface area is 121 Å². The van der Waals surface area contributed by atoms with Crippen molar-refractivity contribution in [1.82, 2.24) is 4.72 Å². The molecule has 9 heteroatoms. The third-order valence-electron chi connectivity index (χ3n) is 3.62. The van der Waals surface area contributed by atoms with Crippen LogP contribution in [0, 0.1) is 21.4 Å². The summed E-state index contributed by atoms with van der Waals surface area (Å²) in [6.45, 7) is 4.54. The molecule has 2 rings (SSSR count). The SMILES string of the molecule is CNc1sc(S(=O)(=O)NCC2CC2(C)C)cc1[N+](=O)[O-]. The Balaban J connectivity index is 2.15. The lowest BCUT2D eigenvalue weighted by Crippen LogP contribution is -2.26. The van der Waals surface area contributed by atoms with E-state index in [0.29, 0.717) is 12.5 Å². The highest BCUT2D eigenvalue weighted by atomic mass is 32.2. The Kier molecular flexibility index (Phi) is 3.78. The molecule has 1 heterocycles.